The first-order valence-corrected chi connectivity index (χ1v) is 8.78. The Balaban J connectivity index is 2.09. The van der Waals surface area contributed by atoms with Crippen molar-refractivity contribution in [1.29, 1.82) is 0 Å². The zero-order chi connectivity index (χ0) is 15.4. The van der Waals surface area contributed by atoms with E-state index >= 15 is 0 Å². The summed E-state index contributed by atoms with van der Waals surface area (Å²) in [6, 6.07) is 0.567. The molecule has 120 valence electrons. The molecule has 0 aliphatic heterocycles. The van der Waals surface area contributed by atoms with Gasteiger partial charge in [-0.05, 0) is 44.6 Å². The van der Waals surface area contributed by atoms with Gasteiger partial charge in [0.05, 0.1) is 5.69 Å². The maximum Gasteiger partial charge on any atom is 0.130 e. The topological polar surface area (TPSA) is 29.9 Å². The fourth-order valence-electron chi connectivity index (χ4n) is 3.55. The molecule has 1 aliphatic rings. The Kier molecular flexibility index (Phi) is 6.12. The van der Waals surface area contributed by atoms with Gasteiger partial charge in [0.15, 0.2) is 0 Å². The van der Waals surface area contributed by atoms with Crippen LogP contribution in [0.4, 0.5) is 0 Å². The molecule has 2 rings (SSSR count). The van der Waals surface area contributed by atoms with Crippen LogP contribution in [0.5, 0.6) is 0 Å². The number of nitrogens with zero attached hydrogens (tertiary/aromatic N) is 2. The molecular formula is C17H30ClN3. The smallest absolute Gasteiger partial charge is 0.130 e. The summed E-state index contributed by atoms with van der Waals surface area (Å²) < 4.78 is 1.81. The number of hydrogen-bond acceptors (Lipinski definition) is 2. The van der Waals surface area contributed by atoms with Crippen molar-refractivity contribution in [3.05, 3.63) is 16.4 Å². The summed E-state index contributed by atoms with van der Waals surface area (Å²) in [7, 11) is 1.93. The van der Waals surface area contributed by atoms with E-state index in [9.17, 15) is 0 Å². The van der Waals surface area contributed by atoms with Gasteiger partial charge in [0.1, 0.15) is 5.15 Å². The van der Waals surface area contributed by atoms with Crippen molar-refractivity contribution < 1.29 is 0 Å². The predicted molar refractivity (Wildman–Crippen MR) is 89.9 cm³/mol. The molecule has 4 heteroatoms. The molecule has 1 aromatic heterocycles. The molecule has 0 bridgehead atoms. The van der Waals surface area contributed by atoms with Crippen molar-refractivity contribution in [1.82, 2.24) is 15.1 Å². The highest BCUT2D eigenvalue weighted by Crippen LogP contribution is 2.33. The maximum atomic E-state index is 6.43. The van der Waals surface area contributed by atoms with Crippen LogP contribution in [0.25, 0.3) is 0 Å². The highest BCUT2D eigenvalue weighted by Gasteiger charge is 2.26. The summed E-state index contributed by atoms with van der Waals surface area (Å²) in [4.78, 5) is 0. The summed E-state index contributed by atoms with van der Waals surface area (Å²) in [5.41, 5.74) is 2.36. The zero-order valence-electron chi connectivity index (χ0n) is 14.0. The minimum absolute atomic E-state index is 0.567. The SMILES string of the molecule is Cc1nn(C)c(Cl)c1CC1CCCCCC1CNC(C)C. The quantitative estimate of drug-likeness (QED) is 0.829. The normalized spacial score (nSPS) is 23.5. The molecule has 1 N–H and O–H groups in total. The van der Waals surface area contributed by atoms with E-state index in [2.05, 4.69) is 31.2 Å². The monoisotopic (exact) mass is 311 g/mol. The van der Waals surface area contributed by atoms with Crippen molar-refractivity contribution in [2.75, 3.05) is 6.54 Å². The summed E-state index contributed by atoms with van der Waals surface area (Å²) in [5, 5.41) is 8.93. The summed E-state index contributed by atoms with van der Waals surface area (Å²) in [6.45, 7) is 7.68. The molecule has 3 nitrogen and oxygen atoms in total. The largest absolute Gasteiger partial charge is 0.314 e. The highest BCUT2D eigenvalue weighted by molar-refractivity contribution is 6.30. The van der Waals surface area contributed by atoms with Gasteiger partial charge in [-0.3, -0.25) is 4.68 Å². The lowest BCUT2D eigenvalue weighted by molar-refractivity contribution is 0.291. The third-order valence-corrected chi connectivity index (χ3v) is 5.31. The molecule has 1 aliphatic carbocycles. The highest BCUT2D eigenvalue weighted by atomic mass is 35.5. The first kappa shape index (κ1) is 16.8. The van der Waals surface area contributed by atoms with Crippen molar-refractivity contribution in [2.24, 2.45) is 18.9 Å². The molecule has 0 amide bonds. The van der Waals surface area contributed by atoms with E-state index in [1.54, 1.807) is 0 Å². The van der Waals surface area contributed by atoms with E-state index < -0.39 is 0 Å². The van der Waals surface area contributed by atoms with E-state index in [0.29, 0.717) is 6.04 Å². The second-order valence-electron chi connectivity index (χ2n) is 6.90. The average molecular weight is 312 g/mol. The molecule has 0 saturated heterocycles. The minimum atomic E-state index is 0.567. The van der Waals surface area contributed by atoms with E-state index in [4.69, 9.17) is 11.6 Å². The molecular weight excluding hydrogens is 282 g/mol. The second kappa shape index (κ2) is 7.64. The van der Waals surface area contributed by atoms with Crippen LogP contribution in [0.2, 0.25) is 5.15 Å². The van der Waals surface area contributed by atoms with E-state index in [-0.39, 0.29) is 0 Å². The number of halogens is 1. The molecule has 0 aromatic carbocycles. The van der Waals surface area contributed by atoms with Crippen LogP contribution < -0.4 is 5.32 Å². The van der Waals surface area contributed by atoms with Crippen LogP contribution in [0.15, 0.2) is 0 Å². The summed E-state index contributed by atoms with van der Waals surface area (Å²) in [6.07, 6.45) is 7.88. The van der Waals surface area contributed by atoms with Crippen LogP contribution in [0, 0.1) is 18.8 Å². The molecule has 0 radical (unpaired) electrons. The molecule has 1 saturated carbocycles. The van der Waals surface area contributed by atoms with Gasteiger partial charge in [0.2, 0.25) is 0 Å². The molecule has 21 heavy (non-hydrogen) atoms. The number of nitrogens with one attached hydrogen (secondary N) is 1. The van der Waals surface area contributed by atoms with Crippen LogP contribution >= 0.6 is 11.6 Å². The average Bonchev–Trinajstić information content (AvgIpc) is 2.60. The Morgan fingerprint density at radius 3 is 2.48 bits per heavy atom. The predicted octanol–water partition coefficient (Wildman–Crippen LogP) is 4.12. The number of aryl methyl sites for hydroxylation is 2. The lowest BCUT2D eigenvalue weighted by Crippen LogP contribution is -2.33. The lowest BCUT2D eigenvalue weighted by atomic mass is 9.83. The van der Waals surface area contributed by atoms with Crippen LogP contribution in [0.1, 0.15) is 57.2 Å². The van der Waals surface area contributed by atoms with Gasteiger partial charge < -0.3 is 5.32 Å². The van der Waals surface area contributed by atoms with E-state index in [1.165, 1.54) is 37.7 Å². The zero-order valence-corrected chi connectivity index (χ0v) is 14.7. The first-order valence-electron chi connectivity index (χ1n) is 8.40. The van der Waals surface area contributed by atoms with Gasteiger partial charge in [-0.25, -0.2) is 0 Å². The Morgan fingerprint density at radius 1 is 1.24 bits per heavy atom. The maximum absolute atomic E-state index is 6.43. The van der Waals surface area contributed by atoms with Crippen molar-refractivity contribution >= 4 is 11.6 Å². The molecule has 0 spiro atoms. The van der Waals surface area contributed by atoms with Gasteiger partial charge in [0, 0.05) is 18.7 Å². The van der Waals surface area contributed by atoms with Gasteiger partial charge in [0.25, 0.3) is 0 Å². The standard InChI is InChI=1S/C17H30ClN3/c1-12(2)19-11-15-9-7-5-6-8-14(15)10-16-13(3)20-21(4)17(16)18/h12,14-15,19H,5-11H2,1-4H3. The first-order chi connectivity index (χ1) is 9.99. The van der Waals surface area contributed by atoms with E-state index in [1.807, 2.05) is 11.7 Å². The Labute approximate surface area is 134 Å². The third kappa shape index (κ3) is 4.46. The minimum Gasteiger partial charge on any atom is -0.314 e. The van der Waals surface area contributed by atoms with Gasteiger partial charge in [-0.15, -0.1) is 0 Å². The van der Waals surface area contributed by atoms with Gasteiger partial charge in [-0.1, -0.05) is 44.7 Å². The Hall–Kier alpha value is -0.540. The van der Waals surface area contributed by atoms with Crippen LogP contribution in [-0.2, 0) is 13.5 Å². The second-order valence-corrected chi connectivity index (χ2v) is 7.26. The molecule has 1 fully saturated rings. The van der Waals surface area contributed by atoms with Crippen LogP contribution in [0.3, 0.4) is 0 Å². The molecule has 1 heterocycles. The molecule has 1 aromatic rings. The fraction of sp³-hybridized carbons (Fsp3) is 0.824. The van der Waals surface area contributed by atoms with Crippen molar-refractivity contribution in [3.8, 4) is 0 Å². The number of hydrogen-bond donors (Lipinski definition) is 1. The van der Waals surface area contributed by atoms with Crippen LogP contribution in [-0.4, -0.2) is 22.4 Å². The van der Waals surface area contributed by atoms with E-state index in [0.717, 1.165) is 35.6 Å². The lowest BCUT2D eigenvalue weighted by Gasteiger charge is -2.26. The summed E-state index contributed by atoms with van der Waals surface area (Å²) >= 11 is 6.43. The van der Waals surface area contributed by atoms with Crippen molar-refractivity contribution in [3.63, 3.8) is 0 Å². The van der Waals surface area contributed by atoms with Gasteiger partial charge in [-0.2, -0.15) is 5.10 Å². The van der Waals surface area contributed by atoms with Gasteiger partial charge >= 0.3 is 0 Å². The fourth-order valence-corrected chi connectivity index (χ4v) is 3.81. The Bertz CT molecular complexity index is 453. The number of aromatic nitrogens is 2. The summed E-state index contributed by atoms with van der Waals surface area (Å²) in [5.74, 6) is 1.50. The van der Waals surface area contributed by atoms with Crippen molar-refractivity contribution in [2.45, 2.75) is 65.3 Å². The Morgan fingerprint density at radius 2 is 1.90 bits per heavy atom. The number of rotatable bonds is 5. The third-order valence-electron chi connectivity index (χ3n) is 4.84. The molecule has 2 atom stereocenters. The molecule has 2 unspecified atom stereocenters.